The molecule has 0 aliphatic heterocycles. The van der Waals surface area contributed by atoms with E-state index in [1.165, 1.54) is 54.2 Å². The van der Waals surface area contributed by atoms with E-state index >= 15 is 0 Å². The fourth-order valence-corrected chi connectivity index (χ4v) is 4.48. The molecule has 0 spiro atoms. The smallest absolute Gasteiger partial charge is 0.00988 e. The summed E-state index contributed by atoms with van der Waals surface area (Å²) in [5, 5.41) is 10.4. The van der Waals surface area contributed by atoms with Crippen LogP contribution in [-0.2, 0) is 0 Å². The Morgan fingerprint density at radius 1 is 0.333 bits per heavy atom. The Hall–Kier alpha value is -3.64. The van der Waals surface area contributed by atoms with Gasteiger partial charge in [-0.2, -0.15) is 0 Å². The van der Waals surface area contributed by atoms with Gasteiger partial charge in [0, 0.05) is 0 Å². The summed E-state index contributed by atoms with van der Waals surface area (Å²) in [6, 6.07) is 39.7. The van der Waals surface area contributed by atoms with Gasteiger partial charge in [-0.3, -0.25) is 0 Å². The molecule has 0 aromatic heterocycles. The van der Waals surface area contributed by atoms with Crippen LogP contribution >= 0.6 is 0 Å². The second kappa shape index (κ2) is 7.65. The average molecular weight is 385 g/mol. The van der Waals surface area contributed by atoms with Crippen LogP contribution in [0.4, 0.5) is 0 Å². The van der Waals surface area contributed by atoms with E-state index in [-0.39, 0.29) is 0 Å². The van der Waals surface area contributed by atoms with Crippen molar-refractivity contribution in [1.82, 2.24) is 0 Å². The van der Waals surface area contributed by atoms with Crippen molar-refractivity contribution >= 4 is 43.1 Å². The van der Waals surface area contributed by atoms with Crippen LogP contribution in [0.1, 0.15) is 13.8 Å². The molecule has 0 atom stereocenters. The third-order valence-corrected chi connectivity index (χ3v) is 5.82. The first kappa shape index (κ1) is 18.4. The summed E-state index contributed by atoms with van der Waals surface area (Å²) in [5.41, 5.74) is 2.59. The maximum absolute atomic E-state index is 2.36. The van der Waals surface area contributed by atoms with Crippen molar-refractivity contribution in [2.45, 2.75) is 13.8 Å². The van der Waals surface area contributed by atoms with Crippen LogP contribution in [0.15, 0.2) is 109 Å². The van der Waals surface area contributed by atoms with Gasteiger partial charge in [-0.1, -0.05) is 111 Å². The fourth-order valence-electron chi connectivity index (χ4n) is 4.48. The lowest BCUT2D eigenvalue weighted by molar-refractivity contribution is 1.50. The summed E-state index contributed by atoms with van der Waals surface area (Å²) >= 11 is 0. The lowest BCUT2D eigenvalue weighted by atomic mass is 9.91. The molecule has 0 saturated heterocycles. The molecule has 0 heteroatoms. The lowest BCUT2D eigenvalue weighted by Crippen LogP contribution is -1.85. The van der Waals surface area contributed by atoms with E-state index in [0.29, 0.717) is 0 Å². The summed E-state index contributed by atoms with van der Waals surface area (Å²) in [6.45, 7) is 4.00. The fraction of sp³-hybridized carbons (Fsp3) is 0.0667. The molecule has 0 N–H and O–H groups in total. The summed E-state index contributed by atoms with van der Waals surface area (Å²) in [7, 11) is 0. The molecule has 0 fully saturated rings. The van der Waals surface area contributed by atoms with Crippen LogP contribution in [0, 0.1) is 0 Å². The molecule has 6 aromatic rings. The topological polar surface area (TPSA) is 0 Å². The zero-order valence-corrected chi connectivity index (χ0v) is 17.4. The minimum absolute atomic E-state index is 1.28. The molecule has 0 aliphatic carbocycles. The number of benzene rings is 6. The van der Waals surface area contributed by atoms with Gasteiger partial charge < -0.3 is 0 Å². The Kier molecular flexibility index (Phi) is 4.69. The summed E-state index contributed by atoms with van der Waals surface area (Å²) in [5.74, 6) is 0. The molecule has 6 aromatic carbocycles. The highest BCUT2D eigenvalue weighted by atomic mass is 14.1. The van der Waals surface area contributed by atoms with Crippen LogP contribution in [0.2, 0.25) is 0 Å². The largest absolute Gasteiger partial charge is 0.0683 e. The number of hydrogen-bond acceptors (Lipinski definition) is 0. The average Bonchev–Trinajstić information content (AvgIpc) is 2.83. The van der Waals surface area contributed by atoms with Crippen molar-refractivity contribution in [2.75, 3.05) is 0 Å². The second-order valence-electron chi connectivity index (χ2n) is 7.41. The Bertz CT molecular complexity index is 1500. The highest BCUT2D eigenvalue weighted by molar-refractivity contribution is 6.15. The molecule has 6 rings (SSSR count). The highest BCUT2D eigenvalue weighted by Gasteiger charge is 2.09. The first-order valence-electron chi connectivity index (χ1n) is 10.7. The minimum atomic E-state index is 1.28. The molecule has 144 valence electrons. The van der Waals surface area contributed by atoms with E-state index in [4.69, 9.17) is 0 Å². The van der Waals surface area contributed by atoms with Crippen LogP contribution < -0.4 is 0 Å². The van der Waals surface area contributed by atoms with Crippen LogP contribution in [0.5, 0.6) is 0 Å². The van der Waals surface area contributed by atoms with Gasteiger partial charge >= 0.3 is 0 Å². The van der Waals surface area contributed by atoms with Gasteiger partial charge in [0.1, 0.15) is 0 Å². The molecule has 0 amide bonds. The summed E-state index contributed by atoms with van der Waals surface area (Å²) in [4.78, 5) is 0. The van der Waals surface area contributed by atoms with E-state index in [9.17, 15) is 0 Å². The van der Waals surface area contributed by atoms with Gasteiger partial charge in [0.15, 0.2) is 0 Å². The Balaban J connectivity index is 0.000000937. The van der Waals surface area contributed by atoms with Crippen LogP contribution in [-0.4, -0.2) is 0 Å². The van der Waals surface area contributed by atoms with E-state index in [1.54, 1.807) is 0 Å². The quantitative estimate of drug-likeness (QED) is 0.196. The number of hydrogen-bond donors (Lipinski definition) is 0. The van der Waals surface area contributed by atoms with E-state index < -0.39 is 0 Å². The molecule has 0 heterocycles. The van der Waals surface area contributed by atoms with E-state index in [0.717, 1.165) is 0 Å². The molecule has 0 aliphatic rings. The van der Waals surface area contributed by atoms with Crippen LogP contribution in [0.25, 0.3) is 54.2 Å². The Labute approximate surface area is 177 Å². The monoisotopic (exact) mass is 384 g/mol. The van der Waals surface area contributed by atoms with Gasteiger partial charge in [0.2, 0.25) is 0 Å². The highest BCUT2D eigenvalue weighted by Crippen LogP contribution is 2.37. The minimum Gasteiger partial charge on any atom is -0.0683 e. The third kappa shape index (κ3) is 2.93. The Morgan fingerprint density at radius 3 is 1.57 bits per heavy atom. The lowest BCUT2D eigenvalue weighted by Gasteiger charge is -2.12. The SMILES string of the molecule is CC.c1ccc2c(-c3cccc4cc5c(ccc6ccccc65)cc34)cccc2c1. The molecule has 0 saturated carbocycles. The van der Waals surface area contributed by atoms with E-state index in [2.05, 4.69) is 109 Å². The van der Waals surface area contributed by atoms with Crippen molar-refractivity contribution in [3.05, 3.63) is 109 Å². The predicted molar refractivity (Wildman–Crippen MR) is 133 cm³/mol. The van der Waals surface area contributed by atoms with Gasteiger partial charge in [-0.25, -0.2) is 0 Å². The first-order valence-corrected chi connectivity index (χ1v) is 10.7. The zero-order chi connectivity index (χ0) is 20.5. The van der Waals surface area contributed by atoms with Crippen molar-refractivity contribution in [3.63, 3.8) is 0 Å². The first-order chi connectivity index (χ1) is 14.9. The van der Waals surface area contributed by atoms with Crippen molar-refractivity contribution < 1.29 is 0 Å². The number of rotatable bonds is 1. The molecule has 0 bridgehead atoms. The normalized spacial score (nSPS) is 11.0. The molecule has 0 unspecified atom stereocenters. The third-order valence-electron chi connectivity index (χ3n) is 5.82. The maximum Gasteiger partial charge on any atom is -0.00988 e. The van der Waals surface area contributed by atoms with Gasteiger partial charge in [0.25, 0.3) is 0 Å². The van der Waals surface area contributed by atoms with Crippen molar-refractivity contribution in [2.24, 2.45) is 0 Å². The molecule has 30 heavy (non-hydrogen) atoms. The summed E-state index contributed by atoms with van der Waals surface area (Å²) < 4.78 is 0. The maximum atomic E-state index is 2.36. The molecule has 0 radical (unpaired) electrons. The summed E-state index contributed by atoms with van der Waals surface area (Å²) in [6.07, 6.45) is 0. The molecule has 0 nitrogen and oxygen atoms in total. The second-order valence-corrected chi connectivity index (χ2v) is 7.41. The predicted octanol–water partition coefficient (Wildman–Crippen LogP) is 8.99. The van der Waals surface area contributed by atoms with Crippen LogP contribution in [0.3, 0.4) is 0 Å². The van der Waals surface area contributed by atoms with Gasteiger partial charge in [-0.05, 0) is 66.3 Å². The standard InChI is InChI=1S/C28H18.C2H6/c1-3-11-23-19(7-1)9-5-13-25(23)26-14-6-10-21-17-27-22(18-28(21)26)16-15-20-8-2-4-12-24(20)27;1-2/h1-18H;1-2H3. The number of fused-ring (bicyclic) bond motifs is 5. The Morgan fingerprint density at radius 2 is 0.800 bits per heavy atom. The molecular weight excluding hydrogens is 360 g/mol. The zero-order valence-electron chi connectivity index (χ0n) is 17.4. The molecular formula is C30H24. The van der Waals surface area contributed by atoms with Crippen molar-refractivity contribution in [1.29, 1.82) is 0 Å². The van der Waals surface area contributed by atoms with E-state index in [1.807, 2.05) is 13.8 Å². The van der Waals surface area contributed by atoms with Gasteiger partial charge in [0.05, 0.1) is 0 Å². The van der Waals surface area contributed by atoms with Gasteiger partial charge in [-0.15, -0.1) is 0 Å². The van der Waals surface area contributed by atoms with Crippen molar-refractivity contribution in [3.8, 4) is 11.1 Å².